The maximum absolute atomic E-state index is 13.1. The molecule has 3 fully saturated rings. The minimum Gasteiger partial charge on any atom is -0.342 e. The van der Waals surface area contributed by atoms with Crippen LogP contribution in [0.15, 0.2) is 12.3 Å². The molecule has 1 saturated carbocycles. The van der Waals surface area contributed by atoms with E-state index in [1.54, 1.807) is 24.0 Å². The van der Waals surface area contributed by atoms with E-state index in [-0.39, 0.29) is 11.3 Å². The summed E-state index contributed by atoms with van der Waals surface area (Å²) in [5.41, 5.74) is 0.262. The Morgan fingerprint density at radius 1 is 1.29 bits per heavy atom. The lowest BCUT2D eigenvalue weighted by atomic mass is 9.77. The van der Waals surface area contributed by atoms with E-state index < -0.39 is 0 Å². The zero-order valence-corrected chi connectivity index (χ0v) is 14.4. The molecule has 6 heteroatoms. The van der Waals surface area contributed by atoms with Crippen molar-refractivity contribution in [1.82, 2.24) is 19.6 Å². The molecule has 24 heavy (non-hydrogen) atoms. The van der Waals surface area contributed by atoms with Crippen molar-refractivity contribution in [2.75, 3.05) is 26.2 Å². The van der Waals surface area contributed by atoms with E-state index in [4.69, 9.17) is 0 Å². The van der Waals surface area contributed by atoms with E-state index in [0.717, 1.165) is 32.4 Å². The van der Waals surface area contributed by atoms with Crippen molar-refractivity contribution in [2.45, 2.75) is 38.5 Å². The van der Waals surface area contributed by atoms with Crippen molar-refractivity contribution < 1.29 is 9.59 Å². The van der Waals surface area contributed by atoms with Gasteiger partial charge in [0.15, 0.2) is 0 Å². The topological polar surface area (TPSA) is 58.4 Å². The Balaban J connectivity index is 1.46. The Morgan fingerprint density at radius 3 is 2.79 bits per heavy atom. The lowest BCUT2D eigenvalue weighted by Gasteiger charge is -2.42. The monoisotopic (exact) mass is 330 g/mol. The fourth-order valence-corrected chi connectivity index (χ4v) is 4.48. The van der Waals surface area contributed by atoms with Crippen LogP contribution in [0.3, 0.4) is 0 Å². The second kappa shape index (κ2) is 5.90. The van der Waals surface area contributed by atoms with Crippen LogP contribution < -0.4 is 0 Å². The van der Waals surface area contributed by atoms with Crippen molar-refractivity contribution in [3.63, 3.8) is 0 Å². The Bertz CT molecular complexity index is 651. The summed E-state index contributed by atoms with van der Waals surface area (Å²) in [5, 5.41) is 4.08. The van der Waals surface area contributed by atoms with Crippen LogP contribution in [0.5, 0.6) is 0 Å². The third-order valence-corrected chi connectivity index (χ3v) is 6.21. The van der Waals surface area contributed by atoms with Gasteiger partial charge in [-0.3, -0.25) is 14.3 Å². The molecule has 1 aromatic heterocycles. The van der Waals surface area contributed by atoms with Gasteiger partial charge in [-0.15, -0.1) is 0 Å². The molecule has 4 rings (SSSR count). The molecule has 1 spiro atoms. The molecule has 0 aromatic carbocycles. The van der Waals surface area contributed by atoms with Crippen LogP contribution in [0.1, 0.15) is 49.0 Å². The van der Waals surface area contributed by atoms with Crippen LogP contribution in [0.2, 0.25) is 0 Å². The molecular weight excluding hydrogens is 304 g/mol. The van der Waals surface area contributed by atoms with Gasteiger partial charge in [-0.1, -0.05) is 6.42 Å². The van der Waals surface area contributed by atoms with Gasteiger partial charge in [-0.2, -0.15) is 5.10 Å². The SMILES string of the molecule is Cn1nccc1C(=O)N1CC[C@]2(CCCN(CC3CCC3)C2=O)C1. The molecule has 130 valence electrons. The van der Waals surface area contributed by atoms with E-state index in [2.05, 4.69) is 10.00 Å². The Labute approximate surface area is 142 Å². The van der Waals surface area contributed by atoms with Crippen LogP contribution in [-0.4, -0.2) is 57.6 Å². The molecular formula is C18H26N4O2. The van der Waals surface area contributed by atoms with Crippen LogP contribution in [-0.2, 0) is 11.8 Å². The molecule has 1 atom stereocenters. The van der Waals surface area contributed by atoms with Crippen LogP contribution >= 0.6 is 0 Å². The summed E-state index contributed by atoms with van der Waals surface area (Å²) in [7, 11) is 1.78. The first-order valence-electron chi connectivity index (χ1n) is 9.16. The molecule has 3 aliphatic rings. The molecule has 1 aromatic rings. The number of hydrogen-bond donors (Lipinski definition) is 0. The van der Waals surface area contributed by atoms with Crippen molar-refractivity contribution in [3.05, 3.63) is 18.0 Å². The lowest BCUT2D eigenvalue weighted by molar-refractivity contribution is -0.146. The number of nitrogens with zero attached hydrogens (tertiary/aromatic N) is 4. The largest absolute Gasteiger partial charge is 0.342 e. The van der Waals surface area contributed by atoms with E-state index in [0.29, 0.717) is 30.6 Å². The summed E-state index contributed by atoms with van der Waals surface area (Å²) in [6.07, 6.45) is 8.27. The predicted octanol–water partition coefficient (Wildman–Crippen LogP) is 1.67. The third-order valence-electron chi connectivity index (χ3n) is 6.21. The van der Waals surface area contributed by atoms with Gasteiger partial charge in [-0.25, -0.2) is 0 Å². The molecule has 0 N–H and O–H groups in total. The molecule has 1 aliphatic carbocycles. The summed E-state index contributed by atoms with van der Waals surface area (Å²) in [6, 6.07) is 1.75. The molecule has 0 unspecified atom stereocenters. The highest BCUT2D eigenvalue weighted by molar-refractivity contribution is 5.94. The molecule has 0 radical (unpaired) electrons. The number of amides is 2. The van der Waals surface area contributed by atoms with E-state index in [9.17, 15) is 9.59 Å². The highest BCUT2D eigenvalue weighted by Gasteiger charge is 2.49. The molecule has 3 heterocycles. The summed E-state index contributed by atoms with van der Waals surface area (Å²) < 4.78 is 1.61. The molecule has 6 nitrogen and oxygen atoms in total. The predicted molar refractivity (Wildman–Crippen MR) is 89.3 cm³/mol. The van der Waals surface area contributed by atoms with Crippen molar-refractivity contribution >= 4 is 11.8 Å². The Kier molecular flexibility index (Phi) is 3.85. The smallest absolute Gasteiger partial charge is 0.272 e. The molecule has 0 bridgehead atoms. The first-order chi connectivity index (χ1) is 11.6. The fraction of sp³-hybridized carbons (Fsp3) is 0.722. The van der Waals surface area contributed by atoms with E-state index in [1.165, 1.54) is 19.3 Å². The normalized spacial score (nSPS) is 27.8. The van der Waals surface area contributed by atoms with Crippen LogP contribution in [0, 0.1) is 11.3 Å². The van der Waals surface area contributed by atoms with Gasteiger partial charge < -0.3 is 9.80 Å². The number of likely N-dealkylation sites (tertiary alicyclic amines) is 2. The van der Waals surface area contributed by atoms with Gasteiger partial charge in [0.1, 0.15) is 5.69 Å². The van der Waals surface area contributed by atoms with E-state index in [1.807, 2.05) is 4.90 Å². The number of rotatable bonds is 3. The van der Waals surface area contributed by atoms with Crippen molar-refractivity contribution in [1.29, 1.82) is 0 Å². The molecule has 2 aliphatic heterocycles. The van der Waals surface area contributed by atoms with Gasteiger partial charge in [0.05, 0.1) is 5.41 Å². The number of piperidine rings is 1. The van der Waals surface area contributed by atoms with Gasteiger partial charge in [-0.05, 0) is 44.1 Å². The average molecular weight is 330 g/mol. The number of hydrogen-bond acceptors (Lipinski definition) is 3. The lowest BCUT2D eigenvalue weighted by Crippen LogP contribution is -2.52. The zero-order valence-electron chi connectivity index (χ0n) is 14.4. The summed E-state index contributed by atoms with van der Waals surface area (Å²) in [5.74, 6) is 0.995. The number of carbonyl (C=O) groups is 2. The highest BCUT2D eigenvalue weighted by atomic mass is 16.2. The highest BCUT2D eigenvalue weighted by Crippen LogP contribution is 2.41. The second-order valence-corrected chi connectivity index (χ2v) is 7.75. The Morgan fingerprint density at radius 2 is 2.12 bits per heavy atom. The summed E-state index contributed by atoms with van der Waals surface area (Å²) in [4.78, 5) is 29.8. The van der Waals surface area contributed by atoms with Gasteiger partial charge >= 0.3 is 0 Å². The Hall–Kier alpha value is -1.85. The van der Waals surface area contributed by atoms with Gasteiger partial charge in [0.2, 0.25) is 5.91 Å². The number of carbonyl (C=O) groups excluding carboxylic acids is 2. The minimum absolute atomic E-state index is 0.00390. The second-order valence-electron chi connectivity index (χ2n) is 7.75. The molecule has 2 saturated heterocycles. The van der Waals surface area contributed by atoms with Crippen molar-refractivity contribution in [3.8, 4) is 0 Å². The van der Waals surface area contributed by atoms with Crippen LogP contribution in [0.25, 0.3) is 0 Å². The number of aromatic nitrogens is 2. The quantitative estimate of drug-likeness (QED) is 0.847. The first kappa shape index (κ1) is 15.7. The zero-order chi connectivity index (χ0) is 16.7. The fourth-order valence-electron chi connectivity index (χ4n) is 4.48. The van der Waals surface area contributed by atoms with Crippen LogP contribution in [0.4, 0.5) is 0 Å². The van der Waals surface area contributed by atoms with Gasteiger partial charge in [0.25, 0.3) is 5.91 Å². The standard InChI is InChI=1S/C18H26N4O2/c1-20-15(6-9-19-20)16(23)22-11-8-18(13-22)7-3-10-21(17(18)24)12-14-4-2-5-14/h6,9,14H,2-5,7-8,10-13H2,1H3/t18-/m1/s1. The number of aryl methyl sites for hydroxylation is 1. The maximum atomic E-state index is 13.1. The maximum Gasteiger partial charge on any atom is 0.272 e. The molecule has 2 amide bonds. The first-order valence-corrected chi connectivity index (χ1v) is 9.16. The summed E-state index contributed by atoms with van der Waals surface area (Å²) in [6.45, 7) is 3.06. The third kappa shape index (κ3) is 2.52. The average Bonchev–Trinajstić information content (AvgIpc) is 3.14. The summed E-state index contributed by atoms with van der Waals surface area (Å²) >= 11 is 0. The van der Waals surface area contributed by atoms with E-state index >= 15 is 0 Å². The minimum atomic E-state index is -0.337. The van der Waals surface area contributed by atoms with Gasteiger partial charge in [0, 0.05) is 39.4 Å². The van der Waals surface area contributed by atoms with Crippen molar-refractivity contribution in [2.24, 2.45) is 18.4 Å².